The summed E-state index contributed by atoms with van der Waals surface area (Å²) in [7, 11) is 0. The second-order valence-corrected chi connectivity index (χ2v) is 8.09. The molecule has 7 nitrogen and oxygen atoms in total. The zero-order valence-corrected chi connectivity index (χ0v) is 16.7. The van der Waals surface area contributed by atoms with Gasteiger partial charge in [-0.2, -0.15) is 11.8 Å². The van der Waals surface area contributed by atoms with Gasteiger partial charge < -0.3 is 21.5 Å². The van der Waals surface area contributed by atoms with E-state index in [1.807, 2.05) is 34.0 Å². The molecular formula is C17H33N3O4S. The average Bonchev–Trinajstić information content (AvgIpc) is 2.48. The molecule has 146 valence electrons. The van der Waals surface area contributed by atoms with E-state index in [4.69, 9.17) is 5.73 Å². The topological polar surface area (TPSA) is 122 Å². The van der Waals surface area contributed by atoms with Crippen LogP contribution in [0.2, 0.25) is 0 Å². The molecule has 0 bridgehead atoms. The van der Waals surface area contributed by atoms with Crippen LogP contribution in [0.25, 0.3) is 0 Å². The quantitative estimate of drug-likeness (QED) is 0.407. The van der Waals surface area contributed by atoms with Crippen molar-refractivity contribution in [3.05, 3.63) is 0 Å². The lowest BCUT2D eigenvalue weighted by Gasteiger charge is -2.24. The van der Waals surface area contributed by atoms with E-state index in [2.05, 4.69) is 10.6 Å². The van der Waals surface area contributed by atoms with Crippen molar-refractivity contribution in [3.8, 4) is 0 Å². The number of rotatable bonds is 12. The summed E-state index contributed by atoms with van der Waals surface area (Å²) >= 11 is 1.51. The number of thioether (sulfide) groups is 1. The standard InChI is InChI=1S/C17H33N3O4S/c1-10(2)8-12(18)15(21)20-14(9-11(3)4)16(22)19-13(17(23)24)6-7-25-5/h10-14H,6-9,18H2,1-5H3,(H,19,22)(H,20,21)(H,23,24). The number of hydrogen-bond donors (Lipinski definition) is 4. The molecule has 25 heavy (non-hydrogen) atoms. The van der Waals surface area contributed by atoms with Crippen LogP contribution in [0.1, 0.15) is 47.0 Å². The molecule has 0 aliphatic heterocycles. The van der Waals surface area contributed by atoms with E-state index >= 15 is 0 Å². The Morgan fingerprint density at radius 2 is 1.48 bits per heavy atom. The molecule has 0 saturated carbocycles. The highest BCUT2D eigenvalue weighted by molar-refractivity contribution is 7.98. The molecule has 0 radical (unpaired) electrons. The Morgan fingerprint density at radius 3 is 1.92 bits per heavy atom. The van der Waals surface area contributed by atoms with E-state index in [1.54, 1.807) is 0 Å². The van der Waals surface area contributed by atoms with Gasteiger partial charge in [-0.3, -0.25) is 9.59 Å². The van der Waals surface area contributed by atoms with E-state index in [1.165, 1.54) is 11.8 Å². The minimum absolute atomic E-state index is 0.159. The van der Waals surface area contributed by atoms with Gasteiger partial charge in [0.2, 0.25) is 11.8 Å². The SMILES string of the molecule is CSCCC(NC(=O)C(CC(C)C)NC(=O)C(N)CC(C)C)C(=O)O. The van der Waals surface area contributed by atoms with E-state index in [9.17, 15) is 19.5 Å². The fourth-order valence-electron chi connectivity index (χ4n) is 2.36. The molecule has 3 atom stereocenters. The third kappa shape index (κ3) is 10.3. The Balaban J connectivity index is 4.96. The van der Waals surface area contributed by atoms with Crippen molar-refractivity contribution < 1.29 is 19.5 Å². The Morgan fingerprint density at radius 1 is 0.960 bits per heavy atom. The van der Waals surface area contributed by atoms with Crippen molar-refractivity contribution in [3.63, 3.8) is 0 Å². The molecule has 5 N–H and O–H groups in total. The molecule has 3 unspecified atom stereocenters. The smallest absolute Gasteiger partial charge is 0.326 e. The number of nitrogens with two attached hydrogens (primary N) is 1. The van der Waals surface area contributed by atoms with Crippen molar-refractivity contribution in [2.24, 2.45) is 17.6 Å². The number of aliphatic carboxylic acids is 1. The molecule has 0 aliphatic carbocycles. The maximum atomic E-state index is 12.5. The highest BCUT2D eigenvalue weighted by atomic mass is 32.2. The number of carbonyl (C=O) groups excluding carboxylic acids is 2. The highest BCUT2D eigenvalue weighted by Gasteiger charge is 2.28. The molecule has 0 aliphatic rings. The summed E-state index contributed by atoms with van der Waals surface area (Å²) in [6.07, 6.45) is 3.14. The van der Waals surface area contributed by atoms with Crippen molar-refractivity contribution in [2.75, 3.05) is 12.0 Å². The summed E-state index contributed by atoms with van der Waals surface area (Å²) in [5, 5.41) is 14.5. The first kappa shape index (κ1) is 23.7. The first-order valence-corrected chi connectivity index (χ1v) is 10.1. The zero-order chi connectivity index (χ0) is 19.6. The van der Waals surface area contributed by atoms with Crippen molar-refractivity contribution in [1.29, 1.82) is 0 Å². The monoisotopic (exact) mass is 375 g/mol. The average molecular weight is 376 g/mol. The van der Waals surface area contributed by atoms with Gasteiger partial charge in [-0.15, -0.1) is 0 Å². The largest absolute Gasteiger partial charge is 0.480 e. The van der Waals surface area contributed by atoms with E-state index in [-0.39, 0.29) is 17.7 Å². The van der Waals surface area contributed by atoms with Crippen LogP contribution in [0.3, 0.4) is 0 Å². The van der Waals surface area contributed by atoms with Crippen LogP contribution in [-0.2, 0) is 14.4 Å². The van der Waals surface area contributed by atoms with E-state index in [0.29, 0.717) is 25.0 Å². The van der Waals surface area contributed by atoms with Crippen LogP contribution < -0.4 is 16.4 Å². The molecule has 0 aromatic rings. The molecular weight excluding hydrogens is 342 g/mol. The normalized spacial score (nSPS) is 14.9. The summed E-state index contributed by atoms with van der Waals surface area (Å²) in [4.78, 5) is 36.0. The van der Waals surface area contributed by atoms with Gasteiger partial charge in [-0.25, -0.2) is 4.79 Å². The minimum Gasteiger partial charge on any atom is -0.480 e. The number of amides is 2. The second-order valence-electron chi connectivity index (χ2n) is 7.11. The molecule has 0 rings (SSSR count). The fraction of sp³-hybridized carbons (Fsp3) is 0.824. The van der Waals surface area contributed by atoms with Gasteiger partial charge in [0.15, 0.2) is 0 Å². The maximum Gasteiger partial charge on any atom is 0.326 e. The Hall–Kier alpha value is -1.28. The molecule has 0 aromatic heterocycles. The predicted molar refractivity (Wildman–Crippen MR) is 101 cm³/mol. The Kier molecular flexibility index (Phi) is 11.5. The summed E-state index contributed by atoms with van der Waals surface area (Å²) in [6, 6.07) is -2.44. The zero-order valence-electron chi connectivity index (χ0n) is 15.9. The minimum atomic E-state index is -1.08. The van der Waals surface area contributed by atoms with Crippen LogP contribution in [0.15, 0.2) is 0 Å². The van der Waals surface area contributed by atoms with Crippen molar-refractivity contribution in [1.82, 2.24) is 10.6 Å². The molecule has 0 saturated heterocycles. The van der Waals surface area contributed by atoms with Crippen LogP contribution in [-0.4, -0.2) is 53.0 Å². The molecule has 0 fully saturated rings. The van der Waals surface area contributed by atoms with Gasteiger partial charge in [0, 0.05) is 0 Å². The molecule has 2 amide bonds. The number of carboxylic acids is 1. The fourth-order valence-corrected chi connectivity index (χ4v) is 2.83. The third-order valence-corrected chi connectivity index (χ3v) is 4.27. The molecule has 8 heteroatoms. The molecule has 0 spiro atoms. The molecule has 0 aromatic carbocycles. The van der Waals surface area contributed by atoms with Gasteiger partial charge in [-0.05, 0) is 43.1 Å². The van der Waals surface area contributed by atoms with Crippen molar-refractivity contribution in [2.45, 2.75) is 65.1 Å². The first-order valence-electron chi connectivity index (χ1n) is 8.66. The van der Waals surface area contributed by atoms with Crippen molar-refractivity contribution >= 4 is 29.5 Å². The number of hydrogen-bond acceptors (Lipinski definition) is 5. The van der Waals surface area contributed by atoms with Gasteiger partial charge in [-0.1, -0.05) is 27.7 Å². The van der Waals surface area contributed by atoms with E-state index in [0.717, 1.165) is 0 Å². The van der Waals surface area contributed by atoms with Crippen LogP contribution >= 0.6 is 11.8 Å². The second kappa shape index (κ2) is 12.1. The summed E-state index contributed by atoms with van der Waals surface area (Å²) in [6.45, 7) is 7.80. The van der Waals surface area contributed by atoms with Gasteiger partial charge in [0.1, 0.15) is 12.1 Å². The van der Waals surface area contributed by atoms with Crippen LogP contribution in [0, 0.1) is 11.8 Å². The van der Waals surface area contributed by atoms with Crippen LogP contribution in [0.5, 0.6) is 0 Å². The number of nitrogens with one attached hydrogen (secondary N) is 2. The van der Waals surface area contributed by atoms with Gasteiger partial charge >= 0.3 is 5.97 Å². The lowest BCUT2D eigenvalue weighted by molar-refractivity contribution is -0.142. The van der Waals surface area contributed by atoms with Crippen LogP contribution in [0.4, 0.5) is 0 Å². The maximum absolute atomic E-state index is 12.5. The third-order valence-electron chi connectivity index (χ3n) is 3.63. The number of carbonyl (C=O) groups is 3. The predicted octanol–water partition coefficient (Wildman–Crippen LogP) is 1.21. The summed E-state index contributed by atoms with van der Waals surface area (Å²) in [5.74, 6) is -0.892. The van der Waals surface area contributed by atoms with Gasteiger partial charge in [0.25, 0.3) is 0 Å². The summed E-state index contributed by atoms with van der Waals surface area (Å²) in [5.41, 5.74) is 5.87. The van der Waals surface area contributed by atoms with Gasteiger partial charge in [0.05, 0.1) is 6.04 Å². The Bertz CT molecular complexity index is 444. The lowest BCUT2D eigenvalue weighted by atomic mass is 10.0. The molecule has 0 heterocycles. The summed E-state index contributed by atoms with van der Waals surface area (Å²) < 4.78 is 0. The Labute approximate surface area is 154 Å². The highest BCUT2D eigenvalue weighted by Crippen LogP contribution is 2.09. The first-order chi connectivity index (χ1) is 11.6. The lowest BCUT2D eigenvalue weighted by Crippen LogP contribution is -2.55. The number of carboxylic acid groups (broad SMARTS) is 1. The van der Waals surface area contributed by atoms with E-state index < -0.39 is 30.0 Å².